The smallest absolute Gasteiger partial charge is 0.165 e. The average molecular weight is 914 g/mol. The van der Waals surface area contributed by atoms with E-state index in [2.05, 4.69) is 56.5 Å². The lowest BCUT2D eigenvalue weighted by molar-refractivity contribution is 0.100. The molecule has 16 heteroatoms. The summed E-state index contributed by atoms with van der Waals surface area (Å²) in [5, 5.41) is 14.6. The Morgan fingerprint density at radius 1 is 0.418 bits per heavy atom. The summed E-state index contributed by atoms with van der Waals surface area (Å²) in [5.41, 5.74) is 10.6. The van der Waals surface area contributed by atoms with E-state index < -0.39 is 0 Å². The summed E-state index contributed by atoms with van der Waals surface area (Å²) in [4.78, 5) is 81.3. The van der Waals surface area contributed by atoms with Crippen molar-refractivity contribution in [3.63, 3.8) is 0 Å². The van der Waals surface area contributed by atoms with Gasteiger partial charge in [-0.15, -0.1) is 0 Å². The number of aromatic nitrogens is 6. The number of Topliss-reactive ketones (excluding diaryl/α,β-unsaturated/α-hetero) is 5. The monoisotopic (exact) mass is 914 g/mol. The highest BCUT2D eigenvalue weighted by Gasteiger charge is 2.19. The van der Waals surface area contributed by atoms with Gasteiger partial charge in [0.25, 0.3) is 0 Å². The predicted octanol–water partition coefficient (Wildman–Crippen LogP) is 8.66. The van der Waals surface area contributed by atoms with Crippen molar-refractivity contribution >= 4 is 58.0 Å². The third-order valence-corrected chi connectivity index (χ3v) is 11.5. The van der Waals surface area contributed by atoms with Crippen molar-refractivity contribution in [1.82, 2.24) is 29.9 Å². The highest BCUT2D eigenvalue weighted by molar-refractivity contribution is 6.01. The fourth-order valence-electron chi connectivity index (χ4n) is 7.97. The zero-order valence-electron chi connectivity index (χ0n) is 40.8. The lowest BCUT2D eigenvalue weighted by atomic mass is 9.94. The van der Waals surface area contributed by atoms with Gasteiger partial charge in [0.15, 0.2) is 28.9 Å². The van der Waals surface area contributed by atoms with Gasteiger partial charge in [0.1, 0.15) is 35.4 Å². The second-order valence-corrected chi connectivity index (χ2v) is 16.3. The molecule has 3 aliphatic carbocycles. The zero-order valence-corrected chi connectivity index (χ0v) is 40.8. The van der Waals surface area contributed by atoms with Gasteiger partial charge in [-0.1, -0.05) is 6.42 Å². The number of rotatable bonds is 10. The minimum absolute atomic E-state index is 0.0300. The van der Waals surface area contributed by atoms with Crippen LogP contribution < -0.4 is 26.6 Å². The van der Waals surface area contributed by atoms with Crippen molar-refractivity contribution in [2.24, 2.45) is 0 Å². The van der Waals surface area contributed by atoms with Crippen LogP contribution >= 0.6 is 0 Å². The number of carbonyl (C=O) groups is 5. The first kappa shape index (κ1) is 52.7. The van der Waals surface area contributed by atoms with Gasteiger partial charge in [-0.3, -0.25) is 24.0 Å². The van der Waals surface area contributed by atoms with Gasteiger partial charge >= 0.3 is 0 Å². The minimum Gasteiger partial charge on any atom is -0.373 e. The summed E-state index contributed by atoms with van der Waals surface area (Å²) in [6, 6.07) is 9.53. The Morgan fingerprint density at radius 2 is 0.776 bits per heavy atom. The van der Waals surface area contributed by atoms with E-state index in [4.69, 9.17) is 0 Å². The third kappa shape index (κ3) is 14.8. The van der Waals surface area contributed by atoms with E-state index in [1.54, 1.807) is 60.2 Å². The van der Waals surface area contributed by atoms with Gasteiger partial charge in [0.05, 0.1) is 27.8 Å². The molecule has 356 valence electrons. The fourth-order valence-corrected chi connectivity index (χ4v) is 7.97. The molecule has 5 heterocycles. The Labute approximate surface area is 394 Å². The number of aryl methyl sites for hydroxylation is 6. The summed E-state index contributed by atoms with van der Waals surface area (Å²) < 4.78 is 0. The molecule has 8 rings (SSSR count). The third-order valence-electron chi connectivity index (χ3n) is 11.5. The largest absolute Gasteiger partial charge is 0.373 e. The maximum atomic E-state index is 11.5. The van der Waals surface area contributed by atoms with Crippen molar-refractivity contribution in [3.8, 4) is 0 Å². The highest BCUT2D eigenvalue weighted by atomic mass is 16.1. The van der Waals surface area contributed by atoms with Crippen LogP contribution in [0.4, 0.5) is 29.1 Å². The van der Waals surface area contributed by atoms with Crippen molar-refractivity contribution < 1.29 is 24.0 Å². The summed E-state index contributed by atoms with van der Waals surface area (Å²) >= 11 is 0. The van der Waals surface area contributed by atoms with Crippen LogP contribution in [0.3, 0.4) is 0 Å². The van der Waals surface area contributed by atoms with Crippen LogP contribution in [0.1, 0.15) is 159 Å². The number of carbonyl (C=O) groups excluding carboxylic acids is 5. The number of hydrogen-bond donors (Lipinski definition) is 5. The Bertz CT molecular complexity index is 2480. The molecule has 0 unspecified atom stereocenters. The van der Waals surface area contributed by atoms with Gasteiger partial charge in [0.2, 0.25) is 0 Å². The SMILES string of the molecule is CNc1nc2c(cc1C(C)=O)CCC2.CNc1nc2c(cc1C(C)=O)CCCC2.CNc1nc2c(cc1C(C)=O)CCCCC2.CNc1ncccc1C(C)=O.CNc1ncncc1C(C)=O. The molecule has 0 atom stereocenters. The van der Waals surface area contributed by atoms with Gasteiger partial charge in [-0.05, 0) is 152 Å². The molecule has 0 saturated carbocycles. The molecule has 0 radical (unpaired) electrons. The Balaban J connectivity index is 0.000000184. The molecule has 67 heavy (non-hydrogen) atoms. The minimum atomic E-state index is -0.0325. The van der Waals surface area contributed by atoms with Crippen LogP contribution in [0.15, 0.2) is 49.1 Å². The lowest BCUT2D eigenvalue weighted by Gasteiger charge is -2.17. The van der Waals surface area contributed by atoms with E-state index in [-0.39, 0.29) is 28.9 Å². The number of nitrogens with one attached hydrogen (secondary N) is 5. The molecule has 0 aliphatic heterocycles. The Hall–Kier alpha value is -6.97. The maximum absolute atomic E-state index is 11.5. The lowest BCUT2D eigenvalue weighted by Crippen LogP contribution is -2.11. The first-order valence-electron chi connectivity index (χ1n) is 22.9. The van der Waals surface area contributed by atoms with Crippen molar-refractivity contribution in [2.45, 2.75) is 112 Å². The Morgan fingerprint density at radius 3 is 1.16 bits per heavy atom. The van der Waals surface area contributed by atoms with Gasteiger partial charge in [-0.25, -0.2) is 29.9 Å². The zero-order chi connectivity index (χ0) is 49.0. The van der Waals surface area contributed by atoms with Gasteiger partial charge in [-0.2, -0.15) is 0 Å². The van der Waals surface area contributed by atoms with Crippen LogP contribution in [0.25, 0.3) is 0 Å². The summed E-state index contributed by atoms with van der Waals surface area (Å²) in [5.74, 6) is 3.64. The van der Waals surface area contributed by atoms with Crippen molar-refractivity contribution in [1.29, 1.82) is 0 Å². The first-order valence-corrected chi connectivity index (χ1v) is 22.9. The standard InChI is InChI=1S/C13H18N2O.C12H16N2O.C11H14N2O.C8H10N2O.C7H9N3O/c1-9(16)11-8-10-6-4-3-5-7-12(10)15-13(11)14-2;1-8(15)10-7-9-5-3-4-6-11(9)14-12(10)13-2;1-7(14)9-6-8-4-3-5-10(8)13-11(9)12-2;1-6(11)7-4-3-5-10-8(7)9-2;1-5(11)6-3-9-4-10-7(6)8-2/h8H,3-7H2,1-2H3,(H,14,15);7H,3-6H2,1-2H3,(H,13,14);6H,3-5H2,1-2H3,(H,12,13);3-5H,1-2H3,(H,9,10);3-4H,1-2H3,(H,8,9,10). The molecule has 16 nitrogen and oxygen atoms in total. The quantitative estimate of drug-likeness (QED) is 0.0653. The van der Waals surface area contributed by atoms with E-state index in [0.717, 1.165) is 84.9 Å². The number of nitrogens with zero attached hydrogens (tertiary/aromatic N) is 6. The second-order valence-electron chi connectivity index (χ2n) is 16.3. The number of hydrogen-bond acceptors (Lipinski definition) is 16. The topological polar surface area (TPSA) is 223 Å². The van der Waals surface area contributed by atoms with Crippen LogP contribution in [0, 0.1) is 0 Å². The predicted molar refractivity (Wildman–Crippen MR) is 267 cm³/mol. The number of fused-ring (bicyclic) bond motifs is 3. The molecular weight excluding hydrogens is 847 g/mol. The van der Waals surface area contributed by atoms with Gasteiger partial charge < -0.3 is 26.6 Å². The second kappa shape index (κ2) is 26.2. The highest BCUT2D eigenvalue weighted by Crippen LogP contribution is 2.27. The molecule has 0 fully saturated rings. The number of pyridine rings is 4. The van der Waals surface area contributed by atoms with E-state index in [9.17, 15) is 24.0 Å². The van der Waals surface area contributed by atoms with E-state index in [1.165, 1.54) is 80.9 Å². The van der Waals surface area contributed by atoms with Crippen LogP contribution in [0.5, 0.6) is 0 Å². The maximum Gasteiger partial charge on any atom is 0.165 e. The van der Waals surface area contributed by atoms with Crippen molar-refractivity contribution in [2.75, 3.05) is 61.8 Å². The fraction of sp³-hybridized carbons (Fsp3) is 0.431. The number of ketones is 5. The molecule has 5 aromatic heterocycles. The average Bonchev–Trinajstić information content (AvgIpc) is 3.68. The van der Waals surface area contributed by atoms with E-state index in [0.29, 0.717) is 28.3 Å². The first-order chi connectivity index (χ1) is 32.2. The van der Waals surface area contributed by atoms with Crippen LogP contribution in [-0.2, 0) is 38.5 Å². The molecular formula is C51H67N11O5. The summed E-state index contributed by atoms with van der Waals surface area (Å²) in [6.45, 7) is 7.78. The van der Waals surface area contributed by atoms with Crippen LogP contribution in [0.2, 0.25) is 0 Å². The molecule has 3 aliphatic rings. The van der Waals surface area contributed by atoms with E-state index in [1.807, 2.05) is 32.3 Å². The molecule has 0 amide bonds. The molecule has 0 aromatic carbocycles. The van der Waals surface area contributed by atoms with Gasteiger partial charge in [0, 0.05) is 64.7 Å². The molecule has 5 aromatic rings. The van der Waals surface area contributed by atoms with Crippen molar-refractivity contribution in [3.05, 3.63) is 111 Å². The summed E-state index contributed by atoms with van der Waals surface area (Å²) in [6.07, 6.45) is 18.1. The molecule has 5 N–H and O–H groups in total. The normalized spacial score (nSPS) is 12.8. The Kier molecular flexibility index (Phi) is 20.6. The summed E-state index contributed by atoms with van der Waals surface area (Å²) in [7, 11) is 8.89. The molecule has 0 bridgehead atoms. The van der Waals surface area contributed by atoms with Crippen LogP contribution in [-0.4, -0.2) is 94.1 Å². The molecule has 0 spiro atoms. The number of anilines is 5. The molecule has 0 saturated heterocycles. The van der Waals surface area contributed by atoms with E-state index >= 15 is 0 Å².